The molecule has 1 aliphatic rings. The SMILES string of the molecule is O=C(CCCOc1ccc(F)cc1)N1CCCCCC1. The zero-order chi connectivity index (χ0) is 14.2. The van der Waals surface area contributed by atoms with Crippen molar-refractivity contribution in [2.45, 2.75) is 38.5 Å². The molecular weight excluding hydrogens is 257 g/mol. The van der Waals surface area contributed by atoms with Gasteiger partial charge in [0.15, 0.2) is 0 Å². The minimum Gasteiger partial charge on any atom is -0.494 e. The molecule has 1 aromatic carbocycles. The molecule has 0 N–H and O–H groups in total. The lowest BCUT2D eigenvalue weighted by molar-refractivity contribution is -0.131. The van der Waals surface area contributed by atoms with Gasteiger partial charge >= 0.3 is 0 Å². The van der Waals surface area contributed by atoms with Crippen molar-refractivity contribution in [3.8, 4) is 5.75 Å². The van der Waals surface area contributed by atoms with Crippen LogP contribution >= 0.6 is 0 Å². The molecule has 1 saturated heterocycles. The summed E-state index contributed by atoms with van der Waals surface area (Å²) < 4.78 is 18.2. The van der Waals surface area contributed by atoms with Gasteiger partial charge in [-0.1, -0.05) is 12.8 Å². The maximum Gasteiger partial charge on any atom is 0.222 e. The molecule has 4 heteroatoms. The van der Waals surface area contributed by atoms with E-state index in [9.17, 15) is 9.18 Å². The summed E-state index contributed by atoms with van der Waals surface area (Å²) in [5.41, 5.74) is 0. The van der Waals surface area contributed by atoms with Crippen LogP contribution in [-0.2, 0) is 4.79 Å². The van der Waals surface area contributed by atoms with E-state index in [1.54, 1.807) is 12.1 Å². The molecule has 2 rings (SSSR count). The van der Waals surface area contributed by atoms with Crippen LogP contribution < -0.4 is 4.74 Å². The van der Waals surface area contributed by atoms with Gasteiger partial charge in [0.05, 0.1) is 6.61 Å². The molecule has 0 radical (unpaired) electrons. The second-order valence-corrected chi connectivity index (χ2v) is 5.20. The Morgan fingerprint density at radius 1 is 1.10 bits per heavy atom. The normalized spacial score (nSPS) is 15.8. The number of carbonyl (C=O) groups is 1. The Bertz CT molecular complexity index is 411. The number of likely N-dealkylation sites (tertiary alicyclic amines) is 1. The summed E-state index contributed by atoms with van der Waals surface area (Å²) in [6, 6.07) is 5.95. The highest BCUT2D eigenvalue weighted by molar-refractivity contribution is 5.76. The molecule has 1 aliphatic heterocycles. The lowest BCUT2D eigenvalue weighted by Crippen LogP contribution is -2.31. The number of benzene rings is 1. The summed E-state index contributed by atoms with van der Waals surface area (Å²) in [6.45, 7) is 2.29. The maximum absolute atomic E-state index is 12.7. The molecule has 1 aromatic rings. The van der Waals surface area contributed by atoms with Crippen LogP contribution in [0.4, 0.5) is 4.39 Å². The van der Waals surface area contributed by atoms with Gasteiger partial charge in [-0.2, -0.15) is 0 Å². The zero-order valence-electron chi connectivity index (χ0n) is 11.8. The predicted octanol–water partition coefficient (Wildman–Crippen LogP) is 3.39. The lowest BCUT2D eigenvalue weighted by Gasteiger charge is -2.20. The fourth-order valence-electron chi connectivity index (χ4n) is 2.42. The fourth-order valence-corrected chi connectivity index (χ4v) is 2.42. The molecule has 20 heavy (non-hydrogen) atoms. The van der Waals surface area contributed by atoms with Crippen LogP contribution in [0.15, 0.2) is 24.3 Å². The Labute approximate surface area is 119 Å². The third-order valence-corrected chi connectivity index (χ3v) is 3.58. The molecule has 0 aromatic heterocycles. The number of nitrogens with zero attached hydrogens (tertiary/aromatic N) is 1. The molecule has 0 unspecified atom stereocenters. The number of carbonyl (C=O) groups excluding carboxylic acids is 1. The smallest absolute Gasteiger partial charge is 0.222 e. The minimum absolute atomic E-state index is 0.231. The zero-order valence-corrected chi connectivity index (χ0v) is 11.8. The topological polar surface area (TPSA) is 29.5 Å². The van der Waals surface area contributed by atoms with Gasteiger partial charge in [-0.15, -0.1) is 0 Å². The molecular formula is C16H22FNO2. The van der Waals surface area contributed by atoms with Crippen LogP contribution in [0.1, 0.15) is 38.5 Å². The van der Waals surface area contributed by atoms with Gasteiger partial charge in [-0.3, -0.25) is 4.79 Å². The molecule has 0 saturated carbocycles. The average molecular weight is 279 g/mol. The van der Waals surface area contributed by atoms with E-state index in [1.807, 2.05) is 4.90 Å². The van der Waals surface area contributed by atoms with E-state index in [2.05, 4.69) is 0 Å². The van der Waals surface area contributed by atoms with Gasteiger partial charge in [0.25, 0.3) is 0 Å². The Kier molecular flexibility index (Phi) is 5.84. The Balaban J connectivity index is 1.64. The molecule has 1 fully saturated rings. The van der Waals surface area contributed by atoms with E-state index in [1.165, 1.54) is 25.0 Å². The average Bonchev–Trinajstić information content (AvgIpc) is 2.74. The summed E-state index contributed by atoms with van der Waals surface area (Å²) in [4.78, 5) is 14.0. The van der Waals surface area contributed by atoms with Crippen molar-refractivity contribution >= 4 is 5.91 Å². The molecule has 110 valence electrons. The Morgan fingerprint density at radius 3 is 2.40 bits per heavy atom. The van der Waals surface area contributed by atoms with Crippen molar-refractivity contribution < 1.29 is 13.9 Å². The third-order valence-electron chi connectivity index (χ3n) is 3.58. The molecule has 0 spiro atoms. The molecule has 0 aliphatic carbocycles. The summed E-state index contributed by atoms with van der Waals surface area (Å²) in [7, 11) is 0. The molecule has 0 atom stereocenters. The van der Waals surface area contributed by atoms with E-state index in [0.29, 0.717) is 25.2 Å². The van der Waals surface area contributed by atoms with Crippen LogP contribution in [0.2, 0.25) is 0 Å². The van der Waals surface area contributed by atoms with Gasteiger partial charge in [0.1, 0.15) is 11.6 Å². The standard InChI is InChI=1S/C16H22FNO2/c17-14-7-9-15(10-8-14)20-13-5-6-16(19)18-11-3-1-2-4-12-18/h7-10H,1-6,11-13H2. The van der Waals surface area contributed by atoms with Crippen LogP contribution in [0.3, 0.4) is 0 Å². The van der Waals surface area contributed by atoms with Crippen molar-refractivity contribution in [3.05, 3.63) is 30.1 Å². The number of rotatable bonds is 5. The first kappa shape index (κ1) is 14.8. The highest BCUT2D eigenvalue weighted by Gasteiger charge is 2.14. The van der Waals surface area contributed by atoms with Crippen molar-refractivity contribution in [2.75, 3.05) is 19.7 Å². The predicted molar refractivity (Wildman–Crippen MR) is 76.2 cm³/mol. The second-order valence-electron chi connectivity index (χ2n) is 5.20. The number of hydrogen-bond acceptors (Lipinski definition) is 2. The Hall–Kier alpha value is -1.58. The Morgan fingerprint density at radius 2 is 1.75 bits per heavy atom. The van der Waals surface area contributed by atoms with Crippen molar-refractivity contribution in [2.24, 2.45) is 0 Å². The summed E-state index contributed by atoms with van der Waals surface area (Å²) in [5.74, 6) is 0.608. The first-order valence-electron chi connectivity index (χ1n) is 7.42. The minimum atomic E-state index is -0.270. The summed E-state index contributed by atoms with van der Waals surface area (Å²) in [6.07, 6.45) is 5.94. The highest BCUT2D eigenvalue weighted by atomic mass is 19.1. The van der Waals surface area contributed by atoms with Gasteiger partial charge in [-0.05, 0) is 43.5 Å². The fraction of sp³-hybridized carbons (Fsp3) is 0.562. The number of halogens is 1. The third kappa shape index (κ3) is 4.83. The van der Waals surface area contributed by atoms with Crippen LogP contribution in [0.5, 0.6) is 5.75 Å². The van der Waals surface area contributed by atoms with Gasteiger partial charge in [0.2, 0.25) is 5.91 Å². The van der Waals surface area contributed by atoms with E-state index >= 15 is 0 Å². The van der Waals surface area contributed by atoms with Crippen LogP contribution in [0.25, 0.3) is 0 Å². The van der Waals surface area contributed by atoms with Crippen molar-refractivity contribution in [3.63, 3.8) is 0 Å². The van der Waals surface area contributed by atoms with Gasteiger partial charge < -0.3 is 9.64 Å². The first-order chi connectivity index (χ1) is 9.75. The number of amides is 1. The molecule has 1 amide bonds. The molecule has 3 nitrogen and oxygen atoms in total. The maximum atomic E-state index is 12.7. The summed E-state index contributed by atoms with van der Waals surface area (Å²) in [5, 5.41) is 0. The molecule has 1 heterocycles. The second kappa shape index (κ2) is 7.88. The van der Waals surface area contributed by atoms with E-state index in [4.69, 9.17) is 4.74 Å². The van der Waals surface area contributed by atoms with E-state index in [-0.39, 0.29) is 11.7 Å². The monoisotopic (exact) mass is 279 g/mol. The van der Waals surface area contributed by atoms with Crippen molar-refractivity contribution in [1.82, 2.24) is 4.90 Å². The van der Waals surface area contributed by atoms with Gasteiger partial charge in [0, 0.05) is 19.5 Å². The van der Waals surface area contributed by atoms with E-state index in [0.717, 1.165) is 25.9 Å². The van der Waals surface area contributed by atoms with E-state index < -0.39 is 0 Å². The largest absolute Gasteiger partial charge is 0.494 e. The lowest BCUT2D eigenvalue weighted by atomic mass is 10.2. The van der Waals surface area contributed by atoms with Crippen LogP contribution in [0, 0.1) is 5.82 Å². The summed E-state index contributed by atoms with van der Waals surface area (Å²) >= 11 is 0. The first-order valence-corrected chi connectivity index (χ1v) is 7.42. The highest BCUT2D eigenvalue weighted by Crippen LogP contribution is 2.13. The van der Waals surface area contributed by atoms with Crippen LogP contribution in [-0.4, -0.2) is 30.5 Å². The molecule has 0 bridgehead atoms. The van der Waals surface area contributed by atoms with Crippen molar-refractivity contribution in [1.29, 1.82) is 0 Å². The number of ether oxygens (including phenoxy) is 1. The number of hydrogen-bond donors (Lipinski definition) is 0. The van der Waals surface area contributed by atoms with Gasteiger partial charge in [-0.25, -0.2) is 4.39 Å². The quantitative estimate of drug-likeness (QED) is 0.773.